The van der Waals surface area contributed by atoms with Gasteiger partial charge in [0.25, 0.3) is 0 Å². The van der Waals surface area contributed by atoms with Gasteiger partial charge < -0.3 is 20.9 Å². The van der Waals surface area contributed by atoms with Crippen molar-refractivity contribution in [3.63, 3.8) is 0 Å². The van der Waals surface area contributed by atoms with E-state index < -0.39 is 0 Å². The number of fused-ring (bicyclic) bond motifs is 1. The summed E-state index contributed by atoms with van der Waals surface area (Å²) in [5.41, 5.74) is 0.981. The predicted octanol–water partition coefficient (Wildman–Crippen LogP) is 5.00. The Morgan fingerprint density at radius 2 is 1.41 bits per heavy atom. The monoisotopic (exact) mass is 454 g/mol. The molecule has 2 aromatic rings. The van der Waals surface area contributed by atoms with Gasteiger partial charge in [0, 0.05) is 37.6 Å². The molecule has 0 bridgehead atoms. The van der Waals surface area contributed by atoms with Crippen LogP contribution in [0.25, 0.3) is 10.9 Å². The molecule has 1 heterocycles. The van der Waals surface area contributed by atoms with Crippen molar-refractivity contribution >= 4 is 40.0 Å². The van der Waals surface area contributed by atoms with E-state index in [-0.39, 0.29) is 0 Å². The Balaban J connectivity index is 1.27. The van der Waals surface area contributed by atoms with Crippen LogP contribution in [0.15, 0.2) is 24.3 Å². The Morgan fingerprint density at radius 1 is 0.812 bits per heavy atom. The van der Waals surface area contributed by atoms with Gasteiger partial charge in [-0.25, -0.2) is 4.98 Å². The summed E-state index contributed by atoms with van der Waals surface area (Å²) in [5.74, 6) is 1.68. The molecule has 0 saturated heterocycles. The predicted molar refractivity (Wildman–Crippen MR) is 139 cm³/mol. The van der Waals surface area contributed by atoms with Gasteiger partial charge in [0.05, 0.1) is 5.52 Å². The van der Waals surface area contributed by atoms with Crippen molar-refractivity contribution in [3.8, 4) is 0 Å². The molecule has 2 aliphatic carbocycles. The molecule has 0 aliphatic heterocycles. The normalized spacial score (nSPS) is 22.6. The van der Waals surface area contributed by atoms with E-state index in [0.29, 0.717) is 18.1 Å². The van der Waals surface area contributed by atoms with E-state index in [4.69, 9.17) is 22.2 Å². The van der Waals surface area contributed by atoms with Gasteiger partial charge in [0.15, 0.2) is 5.11 Å². The van der Waals surface area contributed by atoms with Gasteiger partial charge in [0.1, 0.15) is 5.82 Å². The molecule has 2 aliphatic rings. The van der Waals surface area contributed by atoms with Crippen LogP contribution >= 0.6 is 12.2 Å². The average molecular weight is 455 g/mol. The summed E-state index contributed by atoms with van der Waals surface area (Å²) >= 11 is 5.65. The highest BCUT2D eigenvalue weighted by molar-refractivity contribution is 7.80. The number of nitrogens with one attached hydrogen (secondary N) is 3. The summed E-state index contributed by atoms with van der Waals surface area (Å²) in [6.07, 6.45) is 13.7. The number of aromatic nitrogens is 2. The smallest absolute Gasteiger partial charge is 0.225 e. The van der Waals surface area contributed by atoms with E-state index in [2.05, 4.69) is 33.0 Å². The molecule has 0 radical (unpaired) electrons. The van der Waals surface area contributed by atoms with Gasteiger partial charge in [0.2, 0.25) is 5.95 Å². The van der Waals surface area contributed by atoms with Crippen LogP contribution in [0.5, 0.6) is 0 Å². The summed E-state index contributed by atoms with van der Waals surface area (Å²) < 4.78 is 0. The van der Waals surface area contributed by atoms with E-state index in [9.17, 15) is 0 Å². The Hall–Kier alpha value is -2.15. The second-order valence-corrected chi connectivity index (χ2v) is 10.0. The molecule has 0 unspecified atom stereocenters. The molecule has 2 saturated carbocycles. The van der Waals surface area contributed by atoms with Crippen LogP contribution in [0.3, 0.4) is 0 Å². The molecule has 32 heavy (non-hydrogen) atoms. The summed E-state index contributed by atoms with van der Waals surface area (Å²) in [6.45, 7) is 0. The third-order valence-electron chi connectivity index (χ3n) is 6.84. The third kappa shape index (κ3) is 6.21. The Morgan fingerprint density at radius 3 is 2.09 bits per heavy atom. The number of hydrogen-bond acceptors (Lipinski definition) is 5. The Bertz CT molecular complexity index is 885. The number of para-hydroxylation sites is 1. The lowest BCUT2D eigenvalue weighted by atomic mass is 9.91. The highest BCUT2D eigenvalue weighted by Crippen LogP contribution is 2.26. The van der Waals surface area contributed by atoms with Gasteiger partial charge in [-0.15, -0.1) is 0 Å². The fourth-order valence-electron chi connectivity index (χ4n) is 5.04. The highest BCUT2D eigenvalue weighted by atomic mass is 32.1. The zero-order chi connectivity index (χ0) is 22.3. The SMILES string of the molecule is CN(C)c1nc(NC2CCC(NC(=S)NC3CCCCCCC3)CC2)nc2ccccc12. The second kappa shape index (κ2) is 11.1. The van der Waals surface area contributed by atoms with E-state index in [0.717, 1.165) is 53.5 Å². The van der Waals surface area contributed by atoms with Crippen LogP contribution in [0.1, 0.15) is 70.6 Å². The molecule has 1 aromatic carbocycles. The maximum absolute atomic E-state index is 5.65. The quantitative estimate of drug-likeness (QED) is 0.550. The number of hydrogen-bond donors (Lipinski definition) is 3. The van der Waals surface area contributed by atoms with Crippen LogP contribution in [-0.2, 0) is 0 Å². The molecular formula is C25H38N6S. The first-order valence-corrected chi connectivity index (χ1v) is 12.8. The maximum atomic E-state index is 5.65. The molecular weight excluding hydrogens is 416 g/mol. The van der Waals surface area contributed by atoms with Gasteiger partial charge in [-0.2, -0.15) is 4.98 Å². The van der Waals surface area contributed by atoms with Crippen LogP contribution in [0.4, 0.5) is 11.8 Å². The van der Waals surface area contributed by atoms with E-state index in [1.165, 1.54) is 44.9 Å². The number of thiocarbonyl (C=S) groups is 1. The minimum absolute atomic E-state index is 0.399. The van der Waals surface area contributed by atoms with Gasteiger partial charge in [-0.3, -0.25) is 0 Å². The first-order chi connectivity index (χ1) is 15.6. The lowest BCUT2D eigenvalue weighted by Gasteiger charge is -2.31. The zero-order valence-corrected chi connectivity index (χ0v) is 20.4. The molecule has 174 valence electrons. The molecule has 7 heteroatoms. The van der Waals surface area contributed by atoms with Crippen molar-refractivity contribution in [1.82, 2.24) is 20.6 Å². The summed E-state index contributed by atoms with van der Waals surface area (Å²) in [7, 11) is 4.06. The second-order valence-electron chi connectivity index (χ2n) is 9.64. The Kier molecular flexibility index (Phi) is 8.00. The molecule has 4 rings (SSSR count). The zero-order valence-electron chi connectivity index (χ0n) is 19.6. The first kappa shape index (κ1) is 23.0. The fourth-order valence-corrected chi connectivity index (χ4v) is 5.38. The van der Waals surface area contributed by atoms with Gasteiger partial charge in [-0.05, 0) is 62.9 Å². The van der Waals surface area contributed by atoms with E-state index >= 15 is 0 Å². The summed E-state index contributed by atoms with van der Waals surface area (Å²) in [5, 5.41) is 12.7. The number of nitrogens with zero attached hydrogens (tertiary/aromatic N) is 3. The minimum Gasteiger partial charge on any atom is -0.362 e. The standard InChI is InChI=1S/C25H38N6S/c1-31(2)23-21-12-8-9-13-22(21)29-24(30-23)26-19-14-16-20(17-15-19)28-25(32)27-18-10-6-4-3-5-7-11-18/h8-9,12-13,18-20H,3-7,10-11,14-17H2,1-2H3,(H,26,29,30)(H2,27,28,32). The van der Waals surface area contributed by atoms with Gasteiger partial charge >= 0.3 is 0 Å². The van der Waals surface area contributed by atoms with Crippen molar-refractivity contribution in [1.29, 1.82) is 0 Å². The van der Waals surface area contributed by atoms with Crippen molar-refractivity contribution in [3.05, 3.63) is 24.3 Å². The third-order valence-corrected chi connectivity index (χ3v) is 7.08. The van der Waals surface area contributed by atoms with Crippen molar-refractivity contribution in [2.24, 2.45) is 0 Å². The lowest BCUT2D eigenvalue weighted by molar-refractivity contribution is 0.379. The highest BCUT2D eigenvalue weighted by Gasteiger charge is 2.23. The number of anilines is 2. The lowest BCUT2D eigenvalue weighted by Crippen LogP contribution is -2.48. The van der Waals surface area contributed by atoms with Crippen molar-refractivity contribution < 1.29 is 0 Å². The molecule has 3 N–H and O–H groups in total. The topological polar surface area (TPSA) is 65.1 Å². The average Bonchev–Trinajstić information content (AvgIpc) is 2.76. The van der Waals surface area contributed by atoms with Crippen LogP contribution < -0.4 is 20.9 Å². The molecule has 1 aromatic heterocycles. The first-order valence-electron chi connectivity index (χ1n) is 12.4. The van der Waals surface area contributed by atoms with E-state index in [1.807, 2.05) is 26.2 Å². The Labute approximate surface area is 198 Å². The molecule has 0 spiro atoms. The van der Waals surface area contributed by atoms with Crippen molar-refractivity contribution in [2.45, 2.75) is 88.8 Å². The minimum atomic E-state index is 0.399. The molecule has 2 fully saturated rings. The largest absolute Gasteiger partial charge is 0.362 e. The molecule has 6 nitrogen and oxygen atoms in total. The fraction of sp³-hybridized carbons (Fsp3) is 0.640. The van der Waals surface area contributed by atoms with Crippen molar-refractivity contribution in [2.75, 3.05) is 24.3 Å². The van der Waals surface area contributed by atoms with Crippen LogP contribution in [0.2, 0.25) is 0 Å². The number of benzene rings is 1. The molecule has 0 atom stereocenters. The summed E-state index contributed by atoms with van der Waals surface area (Å²) in [4.78, 5) is 11.6. The number of rotatable bonds is 5. The maximum Gasteiger partial charge on any atom is 0.225 e. The van der Waals surface area contributed by atoms with Crippen LogP contribution in [0, 0.1) is 0 Å². The summed E-state index contributed by atoms with van der Waals surface area (Å²) in [6, 6.07) is 9.61. The van der Waals surface area contributed by atoms with Gasteiger partial charge in [-0.1, -0.05) is 44.2 Å². The molecule has 0 amide bonds. The van der Waals surface area contributed by atoms with Crippen LogP contribution in [-0.4, -0.2) is 47.3 Å². The van der Waals surface area contributed by atoms with E-state index in [1.54, 1.807) is 0 Å².